The first-order chi connectivity index (χ1) is 18.4. The summed E-state index contributed by atoms with van der Waals surface area (Å²) in [6.07, 6.45) is 2.35. The molecule has 0 aliphatic carbocycles. The molecule has 5 rings (SSSR count). The molecule has 3 amide bonds. The van der Waals surface area contributed by atoms with Crippen LogP contribution in [0.4, 0.5) is 4.39 Å². The number of aromatic nitrogens is 1. The standard InChI is InChI=1S/C29H29FN4O4/c1-20-6-2-3-8-24(20)28(37)34-25(26(35)32-18-23-7-4-5-15-31-23)19-38-29(34)13-16-33(17-14-29)27(36)21-9-11-22(30)12-10-21/h2-12,15,25H,13-14,16-19H2,1H3,(H,32,35). The lowest BCUT2D eigenvalue weighted by atomic mass is 9.95. The summed E-state index contributed by atoms with van der Waals surface area (Å²) in [5.41, 5.74) is 1.39. The van der Waals surface area contributed by atoms with Gasteiger partial charge in [0.1, 0.15) is 17.6 Å². The summed E-state index contributed by atoms with van der Waals surface area (Å²) in [5, 5.41) is 2.90. The number of pyridine rings is 1. The van der Waals surface area contributed by atoms with Crippen LogP contribution in [0.25, 0.3) is 0 Å². The van der Waals surface area contributed by atoms with Gasteiger partial charge in [-0.1, -0.05) is 24.3 Å². The highest BCUT2D eigenvalue weighted by Gasteiger charge is 2.54. The second kappa shape index (κ2) is 10.7. The Balaban J connectivity index is 1.37. The lowest BCUT2D eigenvalue weighted by molar-refractivity contribution is -0.128. The normalized spacial score (nSPS) is 18.4. The second-order valence-electron chi connectivity index (χ2n) is 9.60. The van der Waals surface area contributed by atoms with Gasteiger partial charge in [0.2, 0.25) is 5.91 Å². The van der Waals surface area contributed by atoms with E-state index in [9.17, 15) is 18.8 Å². The van der Waals surface area contributed by atoms with Gasteiger partial charge < -0.3 is 15.0 Å². The molecule has 0 radical (unpaired) electrons. The Bertz CT molecular complexity index is 1320. The molecule has 1 N–H and O–H groups in total. The average Bonchev–Trinajstić information content (AvgIpc) is 3.31. The Morgan fingerprint density at radius 3 is 2.39 bits per heavy atom. The third-order valence-corrected chi connectivity index (χ3v) is 7.25. The molecule has 2 aliphatic rings. The molecule has 8 nitrogen and oxygen atoms in total. The molecule has 1 unspecified atom stereocenters. The van der Waals surface area contributed by atoms with Crippen molar-refractivity contribution >= 4 is 17.7 Å². The van der Waals surface area contributed by atoms with E-state index in [2.05, 4.69) is 10.3 Å². The highest BCUT2D eigenvalue weighted by molar-refractivity contribution is 5.99. The fourth-order valence-corrected chi connectivity index (χ4v) is 5.14. The summed E-state index contributed by atoms with van der Waals surface area (Å²) in [7, 11) is 0. The molecular weight excluding hydrogens is 487 g/mol. The van der Waals surface area contributed by atoms with Crippen LogP contribution in [0.1, 0.15) is 44.8 Å². The Kier molecular flexibility index (Phi) is 7.20. The van der Waals surface area contributed by atoms with Crippen molar-refractivity contribution in [2.24, 2.45) is 0 Å². The van der Waals surface area contributed by atoms with E-state index in [-0.39, 0.29) is 30.9 Å². The van der Waals surface area contributed by atoms with E-state index in [0.29, 0.717) is 42.8 Å². The Morgan fingerprint density at radius 2 is 1.71 bits per heavy atom. The molecule has 9 heteroatoms. The third-order valence-electron chi connectivity index (χ3n) is 7.25. The van der Waals surface area contributed by atoms with Gasteiger partial charge in [-0.15, -0.1) is 0 Å². The molecule has 3 aromatic rings. The van der Waals surface area contributed by atoms with Crippen molar-refractivity contribution in [1.29, 1.82) is 0 Å². The van der Waals surface area contributed by atoms with Crippen molar-refractivity contribution in [3.63, 3.8) is 0 Å². The summed E-state index contributed by atoms with van der Waals surface area (Å²) in [4.78, 5) is 47.8. The van der Waals surface area contributed by atoms with Crippen LogP contribution >= 0.6 is 0 Å². The number of aryl methyl sites for hydroxylation is 1. The monoisotopic (exact) mass is 516 g/mol. The number of hydrogen-bond acceptors (Lipinski definition) is 5. The van der Waals surface area contributed by atoms with E-state index >= 15 is 0 Å². The SMILES string of the molecule is Cc1ccccc1C(=O)N1C(C(=O)NCc2ccccn2)COC12CCN(C(=O)c1ccc(F)cc1)CC2. The minimum Gasteiger partial charge on any atom is -0.353 e. The zero-order valence-electron chi connectivity index (χ0n) is 21.1. The molecule has 0 saturated carbocycles. The van der Waals surface area contributed by atoms with Crippen LogP contribution in [0.3, 0.4) is 0 Å². The molecule has 2 fully saturated rings. The van der Waals surface area contributed by atoms with Crippen LogP contribution in [-0.2, 0) is 16.1 Å². The summed E-state index contributed by atoms with van der Waals surface area (Å²) < 4.78 is 19.6. The maximum absolute atomic E-state index is 13.9. The van der Waals surface area contributed by atoms with Crippen molar-refractivity contribution in [2.75, 3.05) is 19.7 Å². The lowest BCUT2D eigenvalue weighted by Gasteiger charge is -2.44. The van der Waals surface area contributed by atoms with E-state index < -0.39 is 17.6 Å². The molecule has 38 heavy (non-hydrogen) atoms. The van der Waals surface area contributed by atoms with Gasteiger partial charge in [0.05, 0.1) is 18.8 Å². The summed E-state index contributed by atoms with van der Waals surface area (Å²) >= 11 is 0. The van der Waals surface area contributed by atoms with Gasteiger partial charge in [-0.05, 0) is 55.0 Å². The smallest absolute Gasteiger partial charge is 0.257 e. The number of carbonyl (C=O) groups is 3. The number of piperidine rings is 1. The molecule has 1 spiro atoms. The Hall–Kier alpha value is -4.11. The largest absolute Gasteiger partial charge is 0.353 e. The number of nitrogens with zero attached hydrogens (tertiary/aromatic N) is 3. The van der Waals surface area contributed by atoms with Gasteiger partial charge in [-0.25, -0.2) is 4.39 Å². The molecule has 2 aromatic carbocycles. The Morgan fingerprint density at radius 1 is 1.00 bits per heavy atom. The second-order valence-corrected chi connectivity index (χ2v) is 9.60. The predicted octanol–water partition coefficient (Wildman–Crippen LogP) is 3.32. The van der Waals surface area contributed by atoms with E-state index in [1.807, 2.05) is 31.2 Å². The Labute approximate surface area is 220 Å². The molecule has 2 aliphatic heterocycles. The van der Waals surface area contributed by atoms with Gasteiger partial charge in [0.15, 0.2) is 0 Å². The van der Waals surface area contributed by atoms with Crippen molar-refractivity contribution in [2.45, 2.75) is 38.1 Å². The van der Waals surface area contributed by atoms with E-state index in [1.165, 1.54) is 24.3 Å². The lowest BCUT2D eigenvalue weighted by Crippen LogP contribution is -2.59. The van der Waals surface area contributed by atoms with Crippen LogP contribution in [0.15, 0.2) is 72.9 Å². The number of ether oxygens (including phenoxy) is 1. The maximum Gasteiger partial charge on any atom is 0.257 e. The van der Waals surface area contributed by atoms with Crippen LogP contribution in [0.5, 0.6) is 0 Å². The van der Waals surface area contributed by atoms with Gasteiger partial charge in [-0.3, -0.25) is 24.3 Å². The van der Waals surface area contributed by atoms with Gasteiger partial charge in [-0.2, -0.15) is 0 Å². The molecule has 196 valence electrons. The molecule has 0 bridgehead atoms. The zero-order chi connectivity index (χ0) is 26.7. The van der Waals surface area contributed by atoms with Crippen molar-refractivity contribution < 1.29 is 23.5 Å². The van der Waals surface area contributed by atoms with E-state index in [0.717, 1.165) is 5.56 Å². The number of likely N-dealkylation sites (tertiary alicyclic amines) is 1. The quantitative estimate of drug-likeness (QED) is 0.562. The first-order valence-corrected chi connectivity index (χ1v) is 12.6. The molecule has 1 aromatic heterocycles. The van der Waals surface area contributed by atoms with E-state index in [4.69, 9.17) is 4.74 Å². The first kappa shape index (κ1) is 25.5. The fraction of sp³-hybridized carbons (Fsp3) is 0.310. The van der Waals surface area contributed by atoms with E-state index in [1.54, 1.807) is 34.2 Å². The van der Waals surface area contributed by atoms with Crippen LogP contribution in [0, 0.1) is 12.7 Å². The molecule has 1 atom stereocenters. The number of amides is 3. The summed E-state index contributed by atoms with van der Waals surface area (Å²) in [5.74, 6) is -1.22. The van der Waals surface area contributed by atoms with Crippen molar-refractivity contribution in [1.82, 2.24) is 20.1 Å². The average molecular weight is 517 g/mol. The number of rotatable bonds is 5. The minimum atomic E-state index is -1.02. The highest BCUT2D eigenvalue weighted by atomic mass is 19.1. The van der Waals surface area contributed by atoms with Crippen LogP contribution in [-0.4, -0.2) is 64.0 Å². The first-order valence-electron chi connectivity index (χ1n) is 12.6. The fourth-order valence-electron chi connectivity index (χ4n) is 5.14. The third kappa shape index (κ3) is 5.02. The van der Waals surface area contributed by atoms with Crippen LogP contribution in [0.2, 0.25) is 0 Å². The number of benzene rings is 2. The van der Waals surface area contributed by atoms with Gasteiger partial charge >= 0.3 is 0 Å². The molecule has 3 heterocycles. The van der Waals surface area contributed by atoms with Crippen LogP contribution < -0.4 is 5.32 Å². The highest BCUT2D eigenvalue weighted by Crippen LogP contribution is 2.39. The predicted molar refractivity (Wildman–Crippen MR) is 137 cm³/mol. The number of halogens is 1. The molecular formula is C29H29FN4O4. The summed E-state index contributed by atoms with van der Waals surface area (Å²) in [6.45, 7) is 2.80. The topological polar surface area (TPSA) is 91.8 Å². The van der Waals surface area contributed by atoms with Crippen molar-refractivity contribution in [3.8, 4) is 0 Å². The van der Waals surface area contributed by atoms with Gasteiger partial charge in [0, 0.05) is 43.3 Å². The number of hydrogen-bond donors (Lipinski definition) is 1. The molecule has 2 saturated heterocycles. The maximum atomic E-state index is 13.9. The number of carbonyl (C=O) groups excluding carboxylic acids is 3. The minimum absolute atomic E-state index is 0.0532. The van der Waals surface area contributed by atoms with Crippen molar-refractivity contribution in [3.05, 3.63) is 101 Å². The van der Waals surface area contributed by atoms with Gasteiger partial charge in [0.25, 0.3) is 11.8 Å². The summed E-state index contributed by atoms with van der Waals surface area (Å²) in [6, 6.07) is 17.3. The number of nitrogens with one attached hydrogen (secondary N) is 1. The zero-order valence-corrected chi connectivity index (χ0v) is 21.1.